The summed E-state index contributed by atoms with van der Waals surface area (Å²) in [6.45, 7) is 2.39. The van der Waals surface area contributed by atoms with Gasteiger partial charge in [0.1, 0.15) is 5.01 Å². The van der Waals surface area contributed by atoms with E-state index < -0.39 is 4.92 Å². The summed E-state index contributed by atoms with van der Waals surface area (Å²) in [4.78, 5) is 14.9. The fourth-order valence-corrected chi connectivity index (χ4v) is 3.42. The van der Waals surface area contributed by atoms with Crippen molar-refractivity contribution in [3.8, 4) is 17.2 Å². The second kappa shape index (κ2) is 8.05. The van der Waals surface area contributed by atoms with Crippen molar-refractivity contribution in [2.75, 3.05) is 20.8 Å². The minimum Gasteiger partial charge on any atom is -0.493 e. The summed E-state index contributed by atoms with van der Waals surface area (Å²) in [6, 6.07) is 8.37. The average molecular weight is 386 g/mol. The van der Waals surface area contributed by atoms with E-state index in [0.717, 1.165) is 15.3 Å². The summed E-state index contributed by atoms with van der Waals surface area (Å²) < 4.78 is 17.3. The van der Waals surface area contributed by atoms with Crippen LogP contribution in [-0.2, 0) is 0 Å². The number of nitrogens with zero attached hydrogens (tertiary/aromatic N) is 2. The fourth-order valence-electron chi connectivity index (χ4n) is 2.57. The highest BCUT2D eigenvalue weighted by Gasteiger charge is 2.13. The quantitative estimate of drug-likeness (QED) is 0.429. The fraction of sp³-hybridized carbons (Fsp3) is 0.211. The van der Waals surface area contributed by atoms with Crippen LogP contribution in [0.25, 0.3) is 22.4 Å². The van der Waals surface area contributed by atoms with Gasteiger partial charge >= 0.3 is 0 Å². The number of nitro benzene ring substituents is 1. The molecule has 0 bridgehead atoms. The van der Waals surface area contributed by atoms with Crippen LogP contribution in [0.5, 0.6) is 17.2 Å². The minimum absolute atomic E-state index is 0.0318. The van der Waals surface area contributed by atoms with Crippen molar-refractivity contribution in [1.82, 2.24) is 4.98 Å². The molecule has 0 radical (unpaired) electrons. The van der Waals surface area contributed by atoms with Gasteiger partial charge in [-0.15, -0.1) is 11.3 Å². The van der Waals surface area contributed by atoms with E-state index >= 15 is 0 Å². The smallest absolute Gasteiger partial charge is 0.271 e. The molecular weight excluding hydrogens is 368 g/mol. The number of nitro groups is 1. The molecular formula is C19H18N2O5S. The number of aromatic nitrogens is 1. The van der Waals surface area contributed by atoms with E-state index in [1.165, 1.54) is 23.5 Å². The van der Waals surface area contributed by atoms with Crippen LogP contribution in [0, 0.1) is 10.1 Å². The molecule has 0 fully saturated rings. The van der Waals surface area contributed by atoms with E-state index in [9.17, 15) is 10.1 Å². The van der Waals surface area contributed by atoms with E-state index in [1.807, 2.05) is 31.2 Å². The van der Waals surface area contributed by atoms with Gasteiger partial charge in [-0.3, -0.25) is 10.1 Å². The van der Waals surface area contributed by atoms with Crippen LogP contribution in [0.2, 0.25) is 0 Å². The number of ether oxygens (including phenoxy) is 3. The molecule has 0 spiro atoms. The minimum atomic E-state index is -0.424. The highest BCUT2D eigenvalue weighted by molar-refractivity contribution is 7.19. The Morgan fingerprint density at radius 2 is 1.85 bits per heavy atom. The van der Waals surface area contributed by atoms with Crippen LogP contribution in [0.4, 0.5) is 5.69 Å². The van der Waals surface area contributed by atoms with Crippen molar-refractivity contribution >= 4 is 39.4 Å². The molecule has 0 saturated carbocycles. The Balaban J connectivity index is 1.93. The van der Waals surface area contributed by atoms with Gasteiger partial charge in [0.2, 0.25) is 5.75 Å². The lowest BCUT2D eigenvalue weighted by Crippen LogP contribution is -1.99. The molecule has 0 unspecified atom stereocenters. The molecule has 8 heteroatoms. The Kier molecular flexibility index (Phi) is 5.56. The van der Waals surface area contributed by atoms with E-state index in [2.05, 4.69) is 4.98 Å². The van der Waals surface area contributed by atoms with Crippen LogP contribution in [-0.4, -0.2) is 30.7 Å². The molecule has 3 rings (SSSR count). The van der Waals surface area contributed by atoms with Gasteiger partial charge in [0.05, 0.1) is 36.0 Å². The van der Waals surface area contributed by atoms with Crippen molar-refractivity contribution in [3.63, 3.8) is 0 Å². The Morgan fingerprint density at radius 3 is 2.44 bits per heavy atom. The lowest BCUT2D eigenvalue weighted by atomic mass is 10.1. The number of fused-ring (bicyclic) bond motifs is 1. The first-order valence-corrected chi connectivity index (χ1v) is 8.99. The molecule has 27 heavy (non-hydrogen) atoms. The largest absolute Gasteiger partial charge is 0.493 e. The molecule has 140 valence electrons. The first-order valence-electron chi connectivity index (χ1n) is 8.17. The molecule has 1 heterocycles. The summed E-state index contributed by atoms with van der Waals surface area (Å²) in [5.41, 5.74) is 1.50. The van der Waals surface area contributed by atoms with E-state index in [1.54, 1.807) is 20.3 Å². The lowest BCUT2D eigenvalue weighted by Gasteiger charge is -2.14. The molecule has 0 aliphatic carbocycles. The topological polar surface area (TPSA) is 83.7 Å². The van der Waals surface area contributed by atoms with Gasteiger partial charge in [0.25, 0.3) is 5.69 Å². The summed E-state index contributed by atoms with van der Waals surface area (Å²) in [5, 5.41) is 11.6. The third-order valence-corrected chi connectivity index (χ3v) is 4.79. The lowest BCUT2D eigenvalue weighted by molar-refractivity contribution is -0.384. The monoisotopic (exact) mass is 386 g/mol. The zero-order valence-electron chi connectivity index (χ0n) is 15.1. The molecule has 3 aromatic rings. The SMILES string of the molecule is CCOc1c(OC)cc(/C=C/c2nc3cc([N+](=O)[O-])ccc3s2)cc1OC. The van der Waals surface area contributed by atoms with Gasteiger partial charge in [-0.05, 0) is 36.8 Å². The van der Waals surface area contributed by atoms with Gasteiger partial charge in [-0.1, -0.05) is 6.08 Å². The van der Waals surface area contributed by atoms with Crippen molar-refractivity contribution < 1.29 is 19.1 Å². The number of benzene rings is 2. The Hall–Kier alpha value is -3.13. The van der Waals surface area contributed by atoms with Gasteiger partial charge in [0.15, 0.2) is 11.5 Å². The number of hydrogen-bond acceptors (Lipinski definition) is 7. The van der Waals surface area contributed by atoms with Crippen molar-refractivity contribution in [2.45, 2.75) is 6.92 Å². The highest BCUT2D eigenvalue weighted by atomic mass is 32.1. The number of methoxy groups -OCH3 is 2. The third kappa shape index (κ3) is 4.01. The summed E-state index contributed by atoms with van der Waals surface area (Å²) in [6.07, 6.45) is 3.73. The number of thiazole rings is 1. The molecule has 0 saturated heterocycles. The molecule has 0 aliphatic rings. The normalized spacial score (nSPS) is 11.1. The second-order valence-electron chi connectivity index (χ2n) is 5.48. The molecule has 0 amide bonds. The maximum Gasteiger partial charge on any atom is 0.271 e. The van der Waals surface area contributed by atoms with Crippen molar-refractivity contribution in [2.24, 2.45) is 0 Å². The van der Waals surface area contributed by atoms with Crippen LogP contribution in [0.3, 0.4) is 0 Å². The molecule has 1 aromatic heterocycles. The van der Waals surface area contributed by atoms with Gasteiger partial charge in [-0.2, -0.15) is 0 Å². The van der Waals surface area contributed by atoms with E-state index in [0.29, 0.717) is 29.4 Å². The summed E-state index contributed by atoms with van der Waals surface area (Å²) in [5.74, 6) is 1.72. The van der Waals surface area contributed by atoms with Gasteiger partial charge in [0, 0.05) is 12.1 Å². The Labute approximate surface area is 160 Å². The van der Waals surface area contributed by atoms with Crippen molar-refractivity contribution in [3.05, 3.63) is 51.0 Å². The predicted molar refractivity (Wildman–Crippen MR) is 106 cm³/mol. The average Bonchev–Trinajstić information content (AvgIpc) is 3.09. The number of rotatable bonds is 7. The molecule has 0 aliphatic heterocycles. The molecule has 0 atom stereocenters. The zero-order valence-corrected chi connectivity index (χ0v) is 15.9. The summed E-state index contributed by atoms with van der Waals surface area (Å²) in [7, 11) is 3.15. The van der Waals surface area contributed by atoms with E-state index in [-0.39, 0.29) is 5.69 Å². The number of hydrogen-bond donors (Lipinski definition) is 0. The Bertz CT molecular complexity index is 987. The summed E-state index contributed by atoms with van der Waals surface area (Å²) >= 11 is 1.46. The van der Waals surface area contributed by atoms with Crippen LogP contribution in [0.15, 0.2) is 30.3 Å². The van der Waals surface area contributed by atoms with Gasteiger partial charge in [-0.25, -0.2) is 4.98 Å². The predicted octanol–water partition coefficient (Wildman–Crippen LogP) is 4.79. The van der Waals surface area contributed by atoms with Crippen molar-refractivity contribution in [1.29, 1.82) is 0 Å². The molecule has 7 nitrogen and oxygen atoms in total. The zero-order chi connectivity index (χ0) is 19.4. The number of non-ortho nitro benzene ring substituents is 1. The molecule has 0 N–H and O–H groups in total. The standard InChI is InChI=1S/C19H18N2O5S/c1-4-26-19-15(24-2)9-12(10-16(19)25-3)5-8-18-20-14-11-13(21(22)23)6-7-17(14)27-18/h5-11H,4H2,1-3H3/b8-5+. The Morgan fingerprint density at radius 1 is 1.15 bits per heavy atom. The van der Waals surface area contributed by atoms with E-state index in [4.69, 9.17) is 14.2 Å². The first-order chi connectivity index (χ1) is 13.0. The van der Waals surface area contributed by atoms with Crippen LogP contribution in [0.1, 0.15) is 17.5 Å². The van der Waals surface area contributed by atoms with Crippen LogP contribution < -0.4 is 14.2 Å². The van der Waals surface area contributed by atoms with Crippen LogP contribution >= 0.6 is 11.3 Å². The maximum absolute atomic E-state index is 10.9. The maximum atomic E-state index is 10.9. The first kappa shape index (κ1) is 18.7. The molecule has 2 aromatic carbocycles. The highest BCUT2D eigenvalue weighted by Crippen LogP contribution is 2.39. The third-order valence-electron chi connectivity index (χ3n) is 3.79. The van der Waals surface area contributed by atoms with Gasteiger partial charge < -0.3 is 14.2 Å². The second-order valence-corrected chi connectivity index (χ2v) is 6.54.